The smallest absolute Gasteiger partial charge is 0.274 e. The molecule has 1 aliphatic heterocycles. The number of halogens is 1. The lowest BCUT2D eigenvalue weighted by molar-refractivity contribution is -0.131. The van der Waals surface area contributed by atoms with Gasteiger partial charge in [-0.3, -0.25) is 14.3 Å². The van der Waals surface area contributed by atoms with Crippen molar-refractivity contribution >= 4 is 23.4 Å². The summed E-state index contributed by atoms with van der Waals surface area (Å²) in [4.78, 5) is 28.9. The van der Waals surface area contributed by atoms with Crippen LogP contribution in [0.15, 0.2) is 36.5 Å². The zero-order valence-corrected chi connectivity index (χ0v) is 17.2. The number of carbonyl (C=O) groups excluding carboxylic acids is 2. The first-order valence-corrected chi connectivity index (χ1v) is 10.2. The summed E-state index contributed by atoms with van der Waals surface area (Å²) in [6, 6.07) is 9.33. The van der Waals surface area contributed by atoms with Gasteiger partial charge in [-0.2, -0.15) is 5.10 Å². The van der Waals surface area contributed by atoms with E-state index in [4.69, 9.17) is 11.6 Å². The summed E-state index contributed by atoms with van der Waals surface area (Å²) in [7, 11) is 1.80. The average molecular weight is 403 g/mol. The molecule has 0 saturated carbocycles. The van der Waals surface area contributed by atoms with Crippen LogP contribution in [-0.4, -0.2) is 51.5 Å². The predicted molar refractivity (Wildman–Crippen MR) is 109 cm³/mol. The van der Waals surface area contributed by atoms with Crippen LogP contribution in [-0.2, 0) is 17.9 Å². The molecule has 2 aromatic rings. The van der Waals surface area contributed by atoms with Crippen LogP contribution in [0.5, 0.6) is 0 Å². The van der Waals surface area contributed by atoms with Gasteiger partial charge in [-0.05, 0) is 43.4 Å². The summed E-state index contributed by atoms with van der Waals surface area (Å²) in [6.45, 7) is 4.54. The number of likely N-dealkylation sites (tertiary alicyclic amines) is 1. The maximum atomic E-state index is 12.7. The number of carbonyl (C=O) groups is 2. The fourth-order valence-corrected chi connectivity index (χ4v) is 3.80. The molecule has 1 atom stereocenters. The molecule has 1 saturated heterocycles. The molecule has 6 nitrogen and oxygen atoms in total. The van der Waals surface area contributed by atoms with Crippen LogP contribution in [0.3, 0.4) is 0 Å². The van der Waals surface area contributed by atoms with E-state index in [1.54, 1.807) is 22.7 Å². The lowest BCUT2D eigenvalue weighted by atomic mass is 9.94. The molecule has 0 radical (unpaired) electrons. The average Bonchev–Trinajstić information content (AvgIpc) is 3.18. The highest BCUT2D eigenvalue weighted by Crippen LogP contribution is 2.23. The Morgan fingerprint density at radius 1 is 1.29 bits per heavy atom. The molecule has 0 N–H and O–H groups in total. The molecular formula is C21H27ClN4O2. The topological polar surface area (TPSA) is 58.4 Å². The van der Waals surface area contributed by atoms with Gasteiger partial charge in [0.15, 0.2) is 0 Å². The van der Waals surface area contributed by atoms with E-state index in [2.05, 4.69) is 5.10 Å². The molecule has 3 rings (SSSR count). The largest absolute Gasteiger partial charge is 0.341 e. The van der Waals surface area contributed by atoms with Crippen molar-refractivity contribution in [2.75, 3.05) is 20.1 Å². The van der Waals surface area contributed by atoms with Crippen molar-refractivity contribution in [3.63, 3.8) is 0 Å². The standard InChI is InChI=1S/C21H27ClN4O2/c1-3-26-12-10-19(23-26)21(28)25-11-6-7-16(14-25)13-20(27)24(2)15-17-8-4-5-9-18(17)22/h4-5,8-10,12,16H,3,6-7,11,13-15H2,1-2H3/t16-/m1/s1. The van der Waals surface area contributed by atoms with E-state index in [0.29, 0.717) is 30.2 Å². The lowest BCUT2D eigenvalue weighted by Crippen LogP contribution is -2.41. The van der Waals surface area contributed by atoms with Crippen LogP contribution in [0.2, 0.25) is 5.02 Å². The van der Waals surface area contributed by atoms with Crippen molar-refractivity contribution in [1.29, 1.82) is 0 Å². The molecule has 1 aliphatic rings. The number of nitrogens with zero attached hydrogens (tertiary/aromatic N) is 4. The molecule has 1 aromatic heterocycles. The monoisotopic (exact) mass is 402 g/mol. The Hall–Kier alpha value is -2.34. The number of piperidine rings is 1. The third-order valence-corrected chi connectivity index (χ3v) is 5.61. The first-order valence-electron chi connectivity index (χ1n) is 9.78. The van der Waals surface area contributed by atoms with Gasteiger partial charge in [-0.15, -0.1) is 0 Å². The summed E-state index contributed by atoms with van der Waals surface area (Å²) < 4.78 is 1.75. The zero-order valence-electron chi connectivity index (χ0n) is 16.5. The van der Waals surface area contributed by atoms with Gasteiger partial charge >= 0.3 is 0 Å². The molecule has 2 amide bonds. The second-order valence-electron chi connectivity index (χ2n) is 7.36. The first kappa shape index (κ1) is 20.4. The second-order valence-corrected chi connectivity index (χ2v) is 7.77. The Balaban J connectivity index is 1.56. The van der Waals surface area contributed by atoms with Crippen LogP contribution in [0, 0.1) is 5.92 Å². The Bertz CT molecular complexity index is 835. The fraction of sp³-hybridized carbons (Fsp3) is 0.476. The highest BCUT2D eigenvalue weighted by Gasteiger charge is 2.28. The minimum atomic E-state index is -0.0474. The first-order chi connectivity index (χ1) is 13.5. The molecule has 1 fully saturated rings. The number of hydrogen-bond donors (Lipinski definition) is 0. The van der Waals surface area contributed by atoms with Gasteiger partial charge in [-0.25, -0.2) is 0 Å². The van der Waals surface area contributed by atoms with Crippen LogP contribution in [0.1, 0.15) is 42.2 Å². The van der Waals surface area contributed by atoms with Gasteiger partial charge < -0.3 is 9.80 Å². The zero-order chi connectivity index (χ0) is 20.1. The van der Waals surface area contributed by atoms with Crippen molar-refractivity contribution in [2.24, 2.45) is 5.92 Å². The highest BCUT2D eigenvalue weighted by atomic mass is 35.5. The summed E-state index contributed by atoms with van der Waals surface area (Å²) in [5.41, 5.74) is 1.41. The summed E-state index contributed by atoms with van der Waals surface area (Å²) in [5, 5.41) is 4.98. The number of aromatic nitrogens is 2. The maximum Gasteiger partial charge on any atom is 0.274 e. The molecule has 0 bridgehead atoms. The number of benzene rings is 1. The molecule has 28 heavy (non-hydrogen) atoms. The van der Waals surface area contributed by atoms with E-state index in [1.807, 2.05) is 42.3 Å². The SMILES string of the molecule is CCn1ccc(C(=O)N2CCC[C@H](CC(=O)N(C)Cc3ccccc3Cl)C2)n1. The second kappa shape index (κ2) is 9.24. The van der Waals surface area contributed by atoms with E-state index in [1.165, 1.54) is 0 Å². The van der Waals surface area contributed by atoms with E-state index >= 15 is 0 Å². The Morgan fingerprint density at radius 3 is 2.79 bits per heavy atom. The predicted octanol–water partition coefficient (Wildman–Crippen LogP) is 3.46. The molecule has 0 unspecified atom stereocenters. The minimum absolute atomic E-state index is 0.0474. The summed E-state index contributed by atoms with van der Waals surface area (Å²) >= 11 is 6.20. The Kier molecular flexibility index (Phi) is 6.73. The molecule has 2 heterocycles. The third kappa shape index (κ3) is 4.93. The van der Waals surface area contributed by atoms with Crippen molar-refractivity contribution in [1.82, 2.24) is 19.6 Å². The summed E-state index contributed by atoms with van der Waals surface area (Å²) in [5.74, 6) is 0.204. The van der Waals surface area contributed by atoms with Crippen molar-refractivity contribution in [2.45, 2.75) is 39.3 Å². The van der Waals surface area contributed by atoms with Gasteiger partial charge in [0.05, 0.1) is 0 Å². The van der Waals surface area contributed by atoms with Crippen LogP contribution < -0.4 is 0 Å². The molecule has 1 aromatic carbocycles. The number of rotatable bonds is 6. The van der Waals surface area contributed by atoms with Crippen LogP contribution in [0.4, 0.5) is 0 Å². The van der Waals surface area contributed by atoms with E-state index in [9.17, 15) is 9.59 Å². The molecular weight excluding hydrogens is 376 g/mol. The van der Waals surface area contributed by atoms with Gasteiger partial charge in [0.25, 0.3) is 5.91 Å². The fourth-order valence-electron chi connectivity index (χ4n) is 3.60. The van der Waals surface area contributed by atoms with Gasteiger partial charge in [0.1, 0.15) is 5.69 Å². The normalized spacial score (nSPS) is 16.8. The number of aryl methyl sites for hydroxylation is 1. The van der Waals surface area contributed by atoms with Crippen molar-refractivity contribution in [3.05, 3.63) is 52.8 Å². The van der Waals surface area contributed by atoms with Crippen LogP contribution in [0.25, 0.3) is 0 Å². The van der Waals surface area contributed by atoms with Crippen molar-refractivity contribution < 1.29 is 9.59 Å². The van der Waals surface area contributed by atoms with Gasteiger partial charge in [-0.1, -0.05) is 29.8 Å². The van der Waals surface area contributed by atoms with Gasteiger partial charge in [0, 0.05) is 50.9 Å². The highest BCUT2D eigenvalue weighted by molar-refractivity contribution is 6.31. The van der Waals surface area contributed by atoms with E-state index < -0.39 is 0 Å². The summed E-state index contributed by atoms with van der Waals surface area (Å²) in [6.07, 6.45) is 4.13. The minimum Gasteiger partial charge on any atom is -0.341 e. The quantitative estimate of drug-likeness (QED) is 0.743. The van der Waals surface area contributed by atoms with Crippen LogP contribution >= 0.6 is 11.6 Å². The maximum absolute atomic E-state index is 12.7. The molecule has 0 spiro atoms. The third-order valence-electron chi connectivity index (χ3n) is 5.24. The number of amides is 2. The molecule has 7 heteroatoms. The van der Waals surface area contributed by atoms with E-state index in [-0.39, 0.29) is 17.7 Å². The Morgan fingerprint density at radius 2 is 2.07 bits per heavy atom. The Labute approximate surface area is 171 Å². The van der Waals surface area contributed by atoms with Crippen molar-refractivity contribution in [3.8, 4) is 0 Å². The van der Waals surface area contributed by atoms with Gasteiger partial charge in [0.2, 0.25) is 5.91 Å². The number of hydrogen-bond acceptors (Lipinski definition) is 3. The molecule has 150 valence electrons. The molecule has 0 aliphatic carbocycles. The lowest BCUT2D eigenvalue weighted by Gasteiger charge is -2.33. The van der Waals surface area contributed by atoms with E-state index in [0.717, 1.165) is 31.5 Å².